The molecule has 1 aromatic rings. The molecule has 8 heteroatoms. The van der Waals surface area contributed by atoms with Gasteiger partial charge in [0.2, 0.25) is 0 Å². The Balaban J connectivity index is 2.43. The van der Waals surface area contributed by atoms with Gasteiger partial charge in [0.15, 0.2) is 0 Å². The number of carbonyl (C=O) groups is 1. The Kier molecular flexibility index (Phi) is 4.27. The van der Waals surface area contributed by atoms with Crippen molar-refractivity contribution in [1.82, 2.24) is 15.8 Å². The van der Waals surface area contributed by atoms with Gasteiger partial charge >= 0.3 is 12.3 Å². The van der Waals surface area contributed by atoms with E-state index in [1.165, 1.54) is 6.07 Å². The first-order chi connectivity index (χ1) is 7.89. The van der Waals surface area contributed by atoms with Crippen molar-refractivity contribution < 1.29 is 23.1 Å². The third-order valence-corrected chi connectivity index (χ3v) is 1.85. The zero-order chi connectivity index (χ0) is 12.9. The molecular formula is C9H10F3N3O2. The summed E-state index contributed by atoms with van der Waals surface area (Å²) in [5.41, 5.74) is 3.93. The zero-order valence-electron chi connectivity index (χ0n) is 8.58. The summed E-state index contributed by atoms with van der Waals surface area (Å²) in [6.45, 7) is 0.263. The van der Waals surface area contributed by atoms with Crippen molar-refractivity contribution in [2.45, 2.75) is 12.6 Å². The number of hydrazine groups is 1. The monoisotopic (exact) mass is 249 g/mol. The Morgan fingerprint density at radius 2 is 2.12 bits per heavy atom. The van der Waals surface area contributed by atoms with E-state index in [9.17, 15) is 18.0 Å². The van der Waals surface area contributed by atoms with E-state index >= 15 is 0 Å². The Hall–Kier alpha value is -1.83. The molecule has 1 heterocycles. The van der Waals surface area contributed by atoms with Crippen molar-refractivity contribution >= 4 is 6.09 Å². The van der Waals surface area contributed by atoms with Crippen LogP contribution in [-0.2, 0) is 12.6 Å². The summed E-state index contributed by atoms with van der Waals surface area (Å²) in [7, 11) is 0. The molecule has 0 aliphatic rings. The van der Waals surface area contributed by atoms with E-state index in [0.717, 1.165) is 12.3 Å². The number of aromatic nitrogens is 1. The largest absolute Gasteiger partial charge is 0.464 e. The third kappa shape index (κ3) is 4.68. The number of alkyl halides is 3. The van der Waals surface area contributed by atoms with Gasteiger partial charge in [-0.2, -0.15) is 13.2 Å². The average Bonchev–Trinajstić information content (AvgIpc) is 2.23. The van der Waals surface area contributed by atoms with Gasteiger partial charge in [-0.1, -0.05) is 6.07 Å². The maximum absolute atomic E-state index is 12.2. The summed E-state index contributed by atoms with van der Waals surface area (Å²) in [5, 5.41) is 8.23. The second-order valence-electron chi connectivity index (χ2n) is 3.16. The van der Waals surface area contributed by atoms with Crippen molar-refractivity contribution in [1.29, 1.82) is 0 Å². The van der Waals surface area contributed by atoms with Crippen molar-refractivity contribution in [2.75, 3.05) is 6.54 Å². The van der Waals surface area contributed by atoms with Crippen LogP contribution in [0.15, 0.2) is 18.3 Å². The molecule has 0 spiro atoms. The van der Waals surface area contributed by atoms with Crippen LogP contribution in [0.2, 0.25) is 0 Å². The number of pyridine rings is 1. The van der Waals surface area contributed by atoms with Crippen LogP contribution >= 0.6 is 0 Å². The van der Waals surface area contributed by atoms with Crippen LogP contribution in [0.5, 0.6) is 0 Å². The van der Waals surface area contributed by atoms with Gasteiger partial charge in [0, 0.05) is 12.7 Å². The molecule has 0 unspecified atom stereocenters. The van der Waals surface area contributed by atoms with Gasteiger partial charge in [-0.15, -0.1) is 0 Å². The first kappa shape index (κ1) is 13.2. The van der Waals surface area contributed by atoms with Crippen LogP contribution in [0.1, 0.15) is 11.3 Å². The van der Waals surface area contributed by atoms with Gasteiger partial charge in [-0.05, 0) is 18.1 Å². The van der Waals surface area contributed by atoms with Crippen LogP contribution in [0.4, 0.5) is 18.0 Å². The first-order valence-electron chi connectivity index (χ1n) is 4.63. The van der Waals surface area contributed by atoms with Crippen LogP contribution in [-0.4, -0.2) is 22.7 Å². The molecule has 0 aliphatic heterocycles. The molecule has 0 saturated heterocycles. The fourth-order valence-electron chi connectivity index (χ4n) is 1.09. The predicted molar refractivity (Wildman–Crippen MR) is 52.1 cm³/mol. The second kappa shape index (κ2) is 5.48. The van der Waals surface area contributed by atoms with Gasteiger partial charge in [0.05, 0.1) is 0 Å². The number of nitrogens with zero attached hydrogens (tertiary/aromatic N) is 1. The minimum atomic E-state index is -4.44. The Morgan fingerprint density at radius 1 is 1.41 bits per heavy atom. The lowest BCUT2D eigenvalue weighted by molar-refractivity contribution is -0.141. The van der Waals surface area contributed by atoms with Crippen LogP contribution in [0.25, 0.3) is 0 Å². The van der Waals surface area contributed by atoms with Crippen molar-refractivity contribution in [2.24, 2.45) is 0 Å². The van der Waals surface area contributed by atoms with Crippen molar-refractivity contribution in [3.05, 3.63) is 29.6 Å². The molecule has 0 saturated carbocycles. The molecular weight excluding hydrogens is 239 g/mol. The number of nitrogens with one attached hydrogen (secondary N) is 2. The standard InChI is InChI=1S/C9H10F3N3O2/c10-9(11,12)7-2-1-6(5-13-7)3-4-14-15-8(16)17/h1-2,5,14-15H,3-4H2,(H,16,17). The third-order valence-electron chi connectivity index (χ3n) is 1.85. The molecule has 0 fully saturated rings. The highest BCUT2D eigenvalue weighted by Crippen LogP contribution is 2.27. The van der Waals surface area contributed by atoms with Gasteiger partial charge < -0.3 is 5.11 Å². The van der Waals surface area contributed by atoms with Crippen LogP contribution < -0.4 is 10.9 Å². The minimum Gasteiger partial charge on any atom is -0.464 e. The molecule has 0 atom stereocenters. The van der Waals surface area contributed by atoms with E-state index in [0.29, 0.717) is 12.0 Å². The quantitative estimate of drug-likeness (QED) is 0.557. The van der Waals surface area contributed by atoms with E-state index in [2.05, 4.69) is 10.4 Å². The number of amides is 1. The summed E-state index contributed by atoms with van der Waals surface area (Å²) in [4.78, 5) is 13.3. The number of hydrogen-bond donors (Lipinski definition) is 3. The number of hydrogen-bond acceptors (Lipinski definition) is 3. The van der Waals surface area contributed by atoms with Crippen LogP contribution in [0, 0.1) is 0 Å². The Labute approximate surface area is 94.6 Å². The van der Waals surface area contributed by atoms with E-state index in [4.69, 9.17) is 5.11 Å². The molecule has 94 valence electrons. The summed E-state index contributed by atoms with van der Waals surface area (Å²) in [5.74, 6) is 0. The molecule has 1 aromatic heterocycles. The SMILES string of the molecule is O=C(O)NNCCc1ccc(C(F)(F)F)nc1. The normalized spacial score (nSPS) is 11.2. The van der Waals surface area contributed by atoms with E-state index in [-0.39, 0.29) is 6.54 Å². The number of carboxylic acid groups (broad SMARTS) is 1. The molecule has 3 N–H and O–H groups in total. The number of halogens is 3. The fraction of sp³-hybridized carbons (Fsp3) is 0.333. The highest BCUT2D eigenvalue weighted by Gasteiger charge is 2.31. The molecule has 17 heavy (non-hydrogen) atoms. The summed E-state index contributed by atoms with van der Waals surface area (Å²) >= 11 is 0. The minimum absolute atomic E-state index is 0.263. The highest BCUT2D eigenvalue weighted by molar-refractivity contribution is 5.63. The van der Waals surface area contributed by atoms with Crippen molar-refractivity contribution in [3.63, 3.8) is 0 Å². The summed E-state index contributed by atoms with van der Waals surface area (Å²) in [6.07, 6.45) is -4.19. The molecule has 0 bridgehead atoms. The molecule has 5 nitrogen and oxygen atoms in total. The summed E-state index contributed by atoms with van der Waals surface area (Å²) in [6, 6.07) is 2.19. The van der Waals surface area contributed by atoms with E-state index in [1.807, 2.05) is 5.43 Å². The topological polar surface area (TPSA) is 74.2 Å². The lowest BCUT2D eigenvalue weighted by Crippen LogP contribution is -2.37. The van der Waals surface area contributed by atoms with E-state index in [1.54, 1.807) is 0 Å². The second-order valence-corrected chi connectivity index (χ2v) is 3.16. The van der Waals surface area contributed by atoms with E-state index < -0.39 is 18.0 Å². The average molecular weight is 249 g/mol. The first-order valence-corrected chi connectivity index (χ1v) is 4.63. The molecule has 1 amide bonds. The van der Waals surface area contributed by atoms with Gasteiger partial charge in [0.25, 0.3) is 0 Å². The number of rotatable bonds is 4. The van der Waals surface area contributed by atoms with Crippen LogP contribution in [0.3, 0.4) is 0 Å². The van der Waals surface area contributed by atoms with Gasteiger partial charge in [0.1, 0.15) is 5.69 Å². The lowest BCUT2D eigenvalue weighted by atomic mass is 10.2. The molecule has 0 aromatic carbocycles. The maximum atomic E-state index is 12.2. The predicted octanol–water partition coefficient (Wildman–Crippen LogP) is 1.42. The van der Waals surface area contributed by atoms with Gasteiger partial charge in [-0.25, -0.2) is 10.2 Å². The van der Waals surface area contributed by atoms with Crippen molar-refractivity contribution in [3.8, 4) is 0 Å². The highest BCUT2D eigenvalue weighted by atomic mass is 19.4. The summed E-state index contributed by atoms with van der Waals surface area (Å²) < 4.78 is 36.5. The molecule has 1 rings (SSSR count). The Bertz CT molecular complexity index is 378. The lowest BCUT2D eigenvalue weighted by Gasteiger charge is -2.07. The maximum Gasteiger partial charge on any atom is 0.433 e. The molecule has 0 radical (unpaired) electrons. The molecule has 0 aliphatic carbocycles. The zero-order valence-corrected chi connectivity index (χ0v) is 8.58. The fourth-order valence-corrected chi connectivity index (χ4v) is 1.09. The Morgan fingerprint density at radius 3 is 2.59 bits per heavy atom. The smallest absolute Gasteiger partial charge is 0.433 e. The van der Waals surface area contributed by atoms with Gasteiger partial charge in [-0.3, -0.25) is 10.4 Å².